The van der Waals surface area contributed by atoms with E-state index in [0.29, 0.717) is 10.6 Å². The first-order chi connectivity index (χ1) is 16.0. The quantitative estimate of drug-likeness (QED) is 0.436. The summed E-state index contributed by atoms with van der Waals surface area (Å²) in [6.45, 7) is 3.62. The Kier molecular flexibility index (Phi) is 6.11. The summed E-state index contributed by atoms with van der Waals surface area (Å²) in [5.41, 5.74) is 6.28. The van der Waals surface area contributed by atoms with Crippen LogP contribution >= 0.6 is 11.6 Å². The molecule has 1 amide bonds. The van der Waals surface area contributed by atoms with E-state index in [2.05, 4.69) is 4.57 Å². The van der Waals surface area contributed by atoms with Crippen LogP contribution in [0.5, 0.6) is 0 Å². The van der Waals surface area contributed by atoms with Crippen molar-refractivity contribution in [1.29, 1.82) is 0 Å². The maximum absolute atomic E-state index is 13.6. The van der Waals surface area contributed by atoms with Crippen LogP contribution in [0.25, 0.3) is 5.69 Å². The first kappa shape index (κ1) is 22.0. The predicted molar refractivity (Wildman–Crippen MR) is 132 cm³/mol. The number of hydrogen-bond donors (Lipinski definition) is 0. The number of fused-ring (bicyclic) bond motifs is 1. The van der Waals surface area contributed by atoms with Gasteiger partial charge in [-0.1, -0.05) is 23.7 Å². The van der Waals surface area contributed by atoms with Gasteiger partial charge in [-0.3, -0.25) is 9.59 Å². The summed E-state index contributed by atoms with van der Waals surface area (Å²) < 4.78 is 2.14. The number of nitrogens with zero attached hydrogens (tertiary/aromatic N) is 2. The molecule has 2 heterocycles. The smallest absolute Gasteiger partial charge is 0.253 e. The maximum atomic E-state index is 13.6. The van der Waals surface area contributed by atoms with E-state index >= 15 is 0 Å². The summed E-state index contributed by atoms with van der Waals surface area (Å²) >= 11 is 6.43. The van der Waals surface area contributed by atoms with Crippen LogP contribution in [-0.2, 0) is 12.8 Å². The van der Waals surface area contributed by atoms with Crippen LogP contribution in [0.1, 0.15) is 75.2 Å². The first-order valence-electron chi connectivity index (χ1n) is 12.0. The fourth-order valence-corrected chi connectivity index (χ4v) is 5.56. The molecule has 0 atom stereocenters. The normalized spacial score (nSPS) is 15.9. The molecule has 0 N–H and O–H groups in total. The van der Waals surface area contributed by atoms with Gasteiger partial charge in [0.15, 0.2) is 5.78 Å². The molecule has 33 heavy (non-hydrogen) atoms. The summed E-state index contributed by atoms with van der Waals surface area (Å²) in [5.74, 6) is 0.104. The minimum Gasteiger partial charge on any atom is -0.339 e. The summed E-state index contributed by atoms with van der Waals surface area (Å²) in [7, 11) is 0. The summed E-state index contributed by atoms with van der Waals surface area (Å²) in [4.78, 5) is 28.4. The average molecular weight is 461 g/mol. The topological polar surface area (TPSA) is 42.3 Å². The second-order valence-electron chi connectivity index (χ2n) is 9.21. The van der Waals surface area contributed by atoms with Crippen LogP contribution in [-0.4, -0.2) is 34.2 Å². The van der Waals surface area contributed by atoms with Gasteiger partial charge in [-0.15, -0.1) is 0 Å². The Balaban J connectivity index is 1.50. The monoisotopic (exact) mass is 460 g/mol. The van der Waals surface area contributed by atoms with Crippen LogP contribution in [0, 0.1) is 6.92 Å². The summed E-state index contributed by atoms with van der Waals surface area (Å²) in [6.07, 6.45) is 9.39. The number of aromatic nitrogens is 1. The van der Waals surface area contributed by atoms with Crippen LogP contribution in [0.2, 0.25) is 5.02 Å². The molecule has 3 aromatic rings. The van der Waals surface area contributed by atoms with Gasteiger partial charge in [-0.25, -0.2) is 0 Å². The van der Waals surface area contributed by atoms with Gasteiger partial charge in [0.05, 0.1) is 5.02 Å². The van der Waals surface area contributed by atoms with E-state index in [1.165, 1.54) is 12.1 Å². The fraction of sp³-hybridized carbons (Fsp3) is 0.357. The second kappa shape index (κ2) is 9.18. The maximum Gasteiger partial charge on any atom is 0.253 e. The third kappa shape index (κ3) is 4.13. The molecule has 0 radical (unpaired) electrons. The molecule has 0 unspecified atom stereocenters. The molecule has 1 fully saturated rings. The highest BCUT2D eigenvalue weighted by molar-refractivity contribution is 6.35. The highest BCUT2D eigenvalue weighted by Gasteiger charge is 2.26. The van der Waals surface area contributed by atoms with Gasteiger partial charge >= 0.3 is 0 Å². The van der Waals surface area contributed by atoms with Gasteiger partial charge in [-0.2, -0.15) is 0 Å². The number of benzene rings is 2. The first-order valence-corrected chi connectivity index (χ1v) is 12.3. The Morgan fingerprint density at radius 2 is 1.61 bits per heavy atom. The Labute approximate surface area is 200 Å². The van der Waals surface area contributed by atoms with Crippen molar-refractivity contribution in [3.8, 4) is 5.69 Å². The van der Waals surface area contributed by atoms with Crippen molar-refractivity contribution in [2.24, 2.45) is 0 Å². The van der Waals surface area contributed by atoms with Crippen molar-refractivity contribution in [2.75, 3.05) is 13.1 Å². The van der Waals surface area contributed by atoms with Crippen molar-refractivity contribution in [2.45, 2.75) is 51.9 Å². The van der Waals surface area contributed by atoms with Crippen molar-refractivity contribution in [3.05, 3.63) is 87.2 Å². The Morgan fingerprint density at radius 1 is 0.879 bits per heavy atom. The molecule has 1 aliphatic heterocycles. The number of carbonyl (C=O) groups excluding carboxylic acids is 2. The molecule has 1 aliphatic carbocycles. The summed E-state index contributed by atoms with van der Waals surface area (Å²) in [5, 5.41) is 0.498. The zero-order valence-corrected chi connectivity index (χ0v) is 19.8. The molecule has 2 aliphatic rings. The number of amides is 1. The Morgan fingerprint density at radius 3 is 2.33 bits per heavy atom. The molecule has 170 valence electrons. The fourth-order valence-electron chi connectivity index (χ4n) is 5.25. The van der Waals surface area contributed by atoms with Gasteiger partial charge in [0, 0.05) is 47.4 Å². The molecule has 4 nitrogen and oxygen atoms in total. The molecule has 1 saturated heterocycles. The predicted octanol–water partition coefficient (Wildman–Crippen LogP) is 6.18. The number of aryl methyl sites for hydroxylation is 1. The van der Waals surface area contributed by atoms with Crippen molar-refractivity contribution in [1.82, 2.24) is 9.47 Å². The van der Waals surface area contributed by atoms with Crippen LogP contribution in [0.3, 0.4) is 0 Å². The van der Waals surface area contributed by atoms with E-state index in [1.807, 2.05) is 54.4 Å². The Bertz CT molecular complexity index is 1180. The van der Waals surface area contributed by atoms with Gasteiger partial charge in [-0.05, 0) is 93.3 Å². The van der Waals surface area contributed by atoms with Crippen LogP contribution < -0.4 is 0 Å². The highest BCUT2D eigenvalue weighted by atomic mass is 35.5. The van der Waals surface area contributed by atoms with E-state index in [9.17, 15) is 9.59 Å². The van der Waals surface area contributed by atoms with Crippen molar-refractivity contribution in [3.63, 3.8) is 0 Å². The van der Waals surface area contributed by atoms with Gasteiger partial charge in [0.1, 0.15) is 0 Å². The third-order valence-corrected chi connectivity index (χ3v) is 7.36. The van der Waals surface area contributed by atoms with Gasteiger partial charge < -0.3 is 9.47 Å². The Hall–Kier alpha value is -2.85. The van der Waals surface area contributed by atoms with Crippen molar-refractivity contribution >= 4 is 23.3 Å². The lowest BCUT2D eigenvalue weighted by atomic mass is 9.91. The number of likely N-dealkylation sites (tertiary alicyclic amines) is 1. The minimum absolute atomic E-state index is 0.00750. The van der Waals surface area contributed by atoms with Crippen LogP contribution in [0.15, 0.2) is 48.7 Å². The number of ketones is 1. The van der Waals surface area contributed by atoms with E-state index in [0.717, 1.165) is 79.6 Å². The lowest BCUT2D eigenvalue weighted by Crippen LogP contribution is -2.35. The standard InChI is InChI=1S/C28H29ClN2O2/c1-19-8-7-10-24(29)26(19)27(32)23-18-31(25-11-4-3-9-22(23)25)21-14-12-20(13-15-21)28(33)30-16-5-2-6-17-30/h7-8,10,12-15,18H,2-6,9,11,16-17H2,1H3. The zero-order chi connectivity index (χ0) is 22.9. The summed E-state index contributed by atoms with van der Waals surface area (Å²) in [6, 6.07) is 13.4. The molecular weight excluding hydrogens is 432 g/mol. The lowest BCUT2D eigenvalue weighted by molar-refractivity contribution is 0.0724. The molecule has 5 heteroatoms. The SMILES string of the molecule is Cc1cccc(Cl)c1C(=O)c1cn(-c2ccc(C(=O)N3CCCCC3)cc2)c2c1CCCC2. The number of halogens is 1. The molecule has 0 bridgehead atoms. The zero-order valence-electron chi connectivity index (χ0n) is 19.1. The molecule has 0 saturated carbocycles. The third-order valence-electron chi connectivity index (χ3n) is 7.04. The molecular formula is C28H29ClN2O2. The number of hydrogen-bond acceptors (Lipinski definition) is 2. The van der Waals surface area contributed by atoms with Gasteiger partial charge in [0.25, 0.3) is 5.91 Å². The number of piperidine rings is 1. The molecule has 2 aromatic carbocycles. The van der Waals surface area contributed by atoms with Crippen molar-refractivity contribution < 1.29 is 9.59 Å². The minimum atomic E-state index is -0.00750. The van der Waals surface area contributed by atoms with Gasteiger partial charge in [0.2, 0.25) is 0 Å². The number of rotatable bonds is 4. The van der Waals surface area contributed by atoms with Crippen LogP contribution in [0.4, 0.5) is 0 Å². The van der Waals surface area contributed by atoms with E-state index in [-0.39, 0.29) is 11.7 Å². The van der Waals surface area contributed by atoms with E-state index in [1.54, 1.807) is 6.07 Å². The van der Waals surface area contributed by atoms with E-state index < -0.39 is 0 Å². The average Bonchev–Trinajstić information content (AvgIpc) is 3.24. The van der Waals surface area contributed by atoms with E-state index in [4.69, 9.17) is 11.6 Å². The second-order valence-corrected chi connectivity index (χ2v) is 9.61. The molecule has 1 aromatic heterocycles. The highest BCUT2D eigenvalue weighted by Crippen LogP contribution is 2.32. The largest absolute Gasteiger partial charge is 0.339 e. The molecule has 0 spiro atoms. The molecule has 5 rings (SSSR count). The lowest BCUT2D eigenvalue weighted by Gasteiger charge is -2.26. The number of carbonyl (C=O) groups is 2.